The number of fused-ring (bicyclic) bond motifs is 2. The maximum Gasteiger partial charge on any atom is 0.410 e. The first kappa shape index (κ1) is 16.1. The number of ether oxygens (including phenoxy) is 2. The van der Waals surface area contributed by atoms with E-state index in [0.29, 0.717) is 12.6 Å². The molecule has 0 N–H and O–H groups in total. The molecule has 2 saturated heterocycles. The molecular weight excluding hydrogens is 272 g/mol. The van der Waals surface area contributed by atoms with Gasteiger partial charge in [-0.05, 0) is 40.7 Å². The van der Waals surface area contributed by atoms with Gasteiger partial charge in [0.05, 0.1) is 19.6 Å². The number of carbonyl (C=O) groups is 2. The molecule has 0 aromatic rings. The lowest BCUT2D eigenvalue weighted by Crippen LogP contribution is -2.61. The number of likely N-dealkylation sites (tertiary alicyclic amines) is 1. The molecule has 0 saturated carbocycles. The minimum atomic E-state index is -0.532. The molecular formula is C15H26N2O4. The summed E-state index contributed by atoms with van der Waals surface area (Å²) < 4.78 is 10.3. The summed E-state index contributed by atoms with van der Waals surface area (Å²) in [5, 5.41) is 0. The van der Waals surface area contributed by atoms with E-state index in [4.69, 9.17) is 9.47 Å². The second-order valence-electron chi connectivity index (χ2n) is 6.94. The van der Waals surface area contributed by atoms with Gasteiger partial charge in [0, 0.05) is 18.6 Å². The molecule has 6 heteroatoms. The van der Waals surface area contributed by atoms with Gasteiger partial charge in [-0.3, -0.25) is 9.69 Å². The van der Waals surface area contributed by atoms with Crippen LogP contribution in [0.5, 0.6) is 0 Å². The van der Waals surface area contributed by atoms with Crippen LogP contribution in [0.15, 0.2) is 0 Å². The lowest BCUT2D eigenvalue weighted by Gasteiger charge is -2.45. The molecule has 120 valence electrons. The number of esters is 1. The van der Waals surface area contributed by atoms with Gasteiger partial charge in [0.25, 0.3) is 0 Å². The normalized spacial score (nSPS) is 29.4. The highest BCUT2D eigenvalue weighted by molar-refractivity contribution is 5.73. The van der Waals surface area contributed by atoms with Crippen molar-refractivity contribution in [1.29, 1.82) is 0 Å². The third kappa shape index (κ3) is 3.48. The van der Waals surface area contributed by atoms with E-state index in [0.717, 1.165) is 12.8 Å². The fourth-order valence-electron chi connectivity index (χ4n) is 3.33. The van der Waals surface area contributed by atoms with Gasteiger partial charge in [0.2, 0.25) is 0 Å². The molecule has 2 aliphatic rings. The summed E-state index contributed by atoms with van der Waals surface area (Å²) in [4.78, 5) is 28.2. The van der Waals surface area contributed by atoms with E-state index < -0.39 is 5.60 Å². The molecule has 2 aliphatic heterocycles. The number of nitrogens with zero attached hydrogens (tertiary/aromatic N) is 2. The Morgan fingerprint density at radius 1 is 1.24 bits per heavy atom. The number of methoxy groups -OCH3 is 1. The second kappa shape index (κ2) is 5.83. The van der Waals surface area contributed by atoms with Gasteiger partial charge >= 0.3 is 12.1 Å². The Morgan fingerprint density at radius 3 is 2.48 bits per heavy atom. The topological polar surface area (TPSA) is 59.1 Å². The molecule has 2 heterocycles. The van der Waals surface area contributed by atoms with Crippen LogP contribution in [0.4, 0.5) is 4.79 Å². The number of likely N-dealkylation sites (N-methyl/N-ethyl adjacent to an activating group) is 1. The number of piperazine rings is 1. The SMILES string of the molecule is COC(=O)CC1C2CCC(CN1C(=O)OC(C)(C)C)N2C. The summed E-state index contributed by atoms with van der Waals surface area (Å²) in [6.45, 7) is 6.17. The minimum Gasteiger partial charge on any atom is -0.469 e. The second-order valence-corrected chi connectivity index (χ2v) is 6.94. The molecule has 0 aromatic heterocycles. The van der Waals surface area contributed by atoms with Crippen molar-refractivity contribution < 1.29 is 19.1 Å². The van der Waals surface area contributed by atoms with E-state index in [1.54, 1.807) is 4.90 Å². The molecule has 6 nitrogen and oxygen atoms in total. The Balaban J connectivity index is 2.16. The zero-order valence-corrected chi connectivity index (χ0v) is 13.6. The van der Waals surface area contributed by atoms with E-state index in [2.05, 4.69) is 11.9 Å². The lowest BCUT2D eigenvalue weighted by atomic mass is 10.0. The molecule has 3 unspecified atom stereocenters. The van der Waals surface area contributed by atoms with E-state index in [9.17, 15) is 9.59 Å². The fourth-order valence-corrected chi connectivity index (χ4v) is 3.33. The summed E-state index contributed by atoms with van der Waals surface area (Å²) in [6, 6.07) is 0.392. The number of rotatable bonds is 2. The standard InChI is InChI=1S/C15H26N2O4/c1-15(2,3)21-14(19)17-9-10-6-7-11(16(10)4)12(17)8-13(18)20-5/h10-12H,6-9H2,1-5H3. The predicted molar refractivity (Wildman–Crippen MR) is 77.9 cm³/mol. The average molecular weight is 298 g/mol. The van der Waals surface area contributed by atoms with Crippen molar-refractivity contribution in [1.82, 2.24) is 9.80 Å². The molecule has 2 fully saturated rings. The first-order valence-electron chi connectivity index (χ1n) is 7.51. The van der Waals surface area contributed by atoms with Gasteiger partial charge in [-0.1, -0.05) is 0 Å². The van der Waals surface area contributed by atoms with Gasteiger partial charge in [0.1, 0.15) is 5.60 Å². The third-order valence-corrected chi connectivity index (χ3v) is 4.38. The smallest absolute Gasteiger partial charge is 0.410 e. The van der Waals surface area contributed by atoms with Gasteiger partial charge in [-0.2, -0.15) is 0 Å². The zero-order chi connectivity index (χ0) is 15.8. The maximum atomic E-state index is 12.5. The first-order chi connectivity index (χ1) is 9.73. The summed E-state index contributed by atoms with van der Waals surface area (Å²) in [5.74, 6) is -0.285. The molecule has 21 heavy (non-hydrogen) atoms. The summed E-state index contributed by atoms with van der Waals surface area (Å²) in [7, 11) is 3.45. The van der Waals surface area contributed by atoms with E-state index in [1.807, 2.05) is 20.8 Å². The molecule has 0 aromatic carbocycles. The third-order valence-electron chi connectivity index (χ3n) is 4.38. The van der Waals surface area contributed by atoms with Gasteiger partial charge in [-0.25, -0.2) is 4.79 Å². The Labute approximate surface area is 126 Å². The van der Waals surface area contributed by atoms with Crippen molar-refractivity contribution >= 4 is 12.1 Å². The van der Waals surface area contributed by atoms with Crippen molar-refractivity contribution in [2.24, 2.45) is 0 Å². The Morgan fingerprint density at radius 2 is 1.90 bits per heavy atom. The summed E-state index contributed by atoms with van der Waals surface area (Å²) >= 11 is 0. The van der Waals surface area contributed by atoms with E-state index >= 15 is 0 Å². The van der Waals surface area contributed by atoms with Crippen LogP contribution in [0.3, 0.4) is 0 Å². The number of carbonyl (C=O) groups excluding carboxylic acids is 2. The van der Waals surface area contributed by atoms with Crippen molar-refractivity contribution in [2.75, 3.05) is 20.7 Å². The monoisotopic (exact) mass is 298 g/mol. The molecule has 0 spiro atoms. The van der Waals surface area contributed by atoms with Crippen LogP contribution >= 0.6 is 0 Å². The van der Waals surface area contributed by atoms with Crippen LogP contribution in [-0.2, 0) is 14.3 Å². The zero-order valence-electron chi connectivity index (χ0n) is 13.6. The van der Waals surface area contributed by atoms with Crippen LogP contribution in [-0.4, -0.2) is 66.3 Å². The lowest BCUT2D eigenvalue weighted by molar-refractivity contribution is -0.143. The van der Waals surface area contributed by atoms with Crippen LogP contribution in [0, 0.1) is 0 Å². The molecule has 0 aliphatic carbocycles. The molecule has 1 amide bonds. The highest BCUT2D eigenvalue weighted by Crippen LogP contribution is 2.35. The highest BCUT2D eigenvalue weighted by atomic mass is 16.6. The predicted octanol–water partition coefficient (Wildman–Crippen LogP) is 1.63. The number of amides is 1. The molecule has 2 rings (SSSR count). The van der Waals surface area contributed by atoms with Gasteiger partial charge < -0.3 is 14.4 Å². The van der Waals surface area contributed by atoms with Crippen LogP contribution in [0.2, 0.25) is 0 Å². The fraction of sp³-hybridized carbons (Fsp3) is 0.867. The number of hydrogen-bond donors (Lipinski definition) is 0. The quantitative estimate of drug-likeness (QED) is 0.725. The first-order valence-corrected chi connectivity index (χ1v) is 7.51. The van der Waals surface area contributed by atoms with E-state index in [-0.39, 0.29) is 30.6 Å². The number of hydrogen-bond acceptors (Lipinski definition) is 5. The van der Waals surface area contributed by atoms with Crippen molar-refractivity contribution in [3.05, 3.63) is 0 Å². The van der Waals surface area contributed by atoms with Crippen LogP contribution in [0.25, 0.3) is 0 Å². The Bertz CT molecular complexity index is 418. The molecule has 0 radical (unpaired) electrons. The van der Waals surface area contributed by atoms with Gasteiger partial charge in [-0.15, -0.1) is 0 Å². The highest BCUT2D eigenvalue weighted by Gasteiger charge is 2.47. The largest absolute Gasteiger partial charge is 0.469 e. The van der Waals surface area contributed by atoms with Crippen LogP contribution < -0.4 is 0 Å². The summed E-state index contributed by atoms with van der Waals surface area (Å²) in [6.07, 6.45) is 1.94. The van der Waals surface area contributed by atoms with Crippen molar-refractivity contribution in [2.45, 2.75) is 63.8 Å². The molecule has 3 atom stereocenters. The Hall–Kier alpha value is -1.30. The van der Waals surface area contributed by atoms with Crippen LogP contribution in [0.1, 0.15) is 40.0 Å². The van der Waals surface area contributed by atoms with Crippen molar-refractivity contribution in [3.8, 4) is 0 Å². The van der Waals surface area contributed by atoms with Gasteiger partial charge in [0.15, 0.2) is 0 Å². The minimum absolute atomic E-state index is 0.170. The van der Waals surface area contributed by atoms with E-state index in [1.165, 1.54) is 7.11 Å². The maximum absolute atomic E-state index is 12.5. The van der Waals surface area contributed by atoms with Crippen molar-refractivity contribution in [3.63, 3.8) is 0 Å². The molecule has 2 bridgehead atoms. The summed E-state index contributed by atoms with van der Waals surface area (Å²) in [5.41, 5.74) is -0.532. The Kier molecular flexibility index (Phi) is 4.46. The average Bonchev–Trinajstić information content (AvgIpc) is 2.61.